The van der Waals surface area contributed by atoms with E-state index in [-0.39, 0.29) is 0 Å². The highest BCUT2D eigenvalue weighted by atomic mass is 32.1. The number of nitrogens with zero attached hydrogens (tertiary/aromatic N) is 1. The molecule has 0 saturated heterocycles. The third-order valence-electron chi connectivity index (χ3n) is 10.3. The molecule has 0 radical (unpaired) electrons. The summed E-state index contributed by atoms with van der Waals surface area (Å²) in [6, 6.07) is 72.9. The van der Waals surface area contributed by atoms with Crippen LogP contribution in [0, 0.1) is 0 Å². The van der Waals surface area contributed by atoms with Crippen LogP contribution in [0.25, 0.3) is 75.1 Å². The summed E-state index contributed by atoms with van der Waals surface area (Å²) in [6.07, 6.45) is 0. The first kappa shape index (κ1) is 30.4. The summed E-state index contributed by atoms with van der Waals surface area (Å²) in [5.74, 6) is 0. The highest BCUT2D eigenvalue weighted by molar-refractivity contribution is 7.26. The summed E-state index contributed by atoms with van der Waals surface area (Å²) in [6.45, 7) is 0. The van der Waals surface area contributed by atoms with Gasteiger partial charge in [0.2, 0.25) is 0 Å². The molecule has 0 atom stereocenters. The predicted molar refractivity (Wildman–Crippen MR) is 225 cm³/mol. The first-order valence-electron chi connectivity index (χ1n) is 17.8. The Morgan fingerprint density at radius 1 is 0.327 bits per heavy atom. The molecule has 10 rings (SSSR count). The Kier molecular flexibility index (Phi) is 7.41. The predicted octanol–water partition coefficient (Wildman–Crippen LogP) is 14.8. The van der Waals surface area contributed by atoms with Gasteiger partial charge in [-0.2, -0.15) is 0 Å². The van der Waals surface area contributed by atoms with E-state index in [1.807, 2.05) is 11.3 Å². The lowest BCUT2D eigenvalue weighted by molar-refractivity contribution is 1.30. The van der Waals surface area contributed by atoms with Crippen LogP contribution in [0.3, 0.4) is 0 Å². The van der Waals surface area contributed by atoms with Crippen LogP contribution in [0.15, 0.2) is 200 Å². The van der Waals surface area contributed by atoms with Gasteiger partial charge < -0.3 is 4.90 Å². The molecule has 0 spiro atoms. The molecule has 9 aromatic carbocycles. The zero-order valence-corrected chi connectivity index (χ0v) is 29.2. The van der Waals surface area contributed by atoms with Gasteiger partial charge in [-0.15, -0.1) is 11.3 Å². The highest BCUT2D eigenvalue weighted by Crippen LogP contribution is 2.46. The lowest BCUT2D eigenvalue weighted by Gasteiger charge is -2.27. The fourth-order valence-electron chi connectivity index (χ4n) is 7.89. The molecular weight excluding hydrogens is 647 g/mol. The summed E-state index contributed by atoms with van der Waals surface area (Å²) in [4.78, 5) is 2.45. The van der Waals surface area contributed by atoms with E-state index in [0.717, 1.165) is 11.4 Å². The average molecular weight is 680 g/mol. The SMILES string of the molecule is c1ccc(-c2cccc3cccc(-c4cccc(N(c5ccc(-c6cccc7ccccc67)cc5)c5cccc6sc7ccccc7c56)c4)c23)cc1. The van der Waals surface area contributed by atoms with Crippen molar-refractivity contribution in [2.45, 2.75) is 0 Å². The molecule has 0 N–H and O–H groups in total. The molecule has 0 unspecified atom stereocenters. The van der Waals surface area contributed by atoms with Crippen LogP contribution in [0.5, 0.6) is 0 Å². The van der Waals surface area contributed by atoms with Gasteiger partial charge in [-0.3, -0.25) is 0 Å². The third kappa shape index (κ3) is 5.16. The standard InChI is InChI=1S/C50H33NS/c1-2-13-35(14-3-1)43-24-10-17-37-18-11-25-44(49(37)43)38-19-8-20-40(33-38)51(46-26-12-28-48-50(46)45-22-6-7-27-47(45)52-48)39-31-29-36(30-32-39)42-23-9-16-34-15-4-5-21-41(34)42/h1-33H. The molecule has 0 fully saturated rings. The van der Waals surface area contributed by atoms with Crippen molar-refractivity contribution in [1.29, 1.82) is 0 Å². The van der Waals surface area contributed by atoms with E-state index in [2.05, 4.69) is 205 Å². The van der Waals surface area contributed by atoms with Crippen molar-refractivity contribution in [2.75, 3.05) is 4.90 Å². The minimum atomic E-state index is 1.12. The van der Waals surface area contributed by atoms with Gasteiger partial charge in [0.05, 0.1) is 5.69 Å². The van der Waals surface area contributed by atoms with Crippen LogP contribution < -0.4 is 4.90 Å². The second kappa shape index (κ2) is 12.7. The van der Waals surface area contributed by atoms with Gasteiger partial charge in [0, 0.05) is 31.5 Å². The van der Waals surface area contributed by atoms with Crippen LogP contribution in [0.1, 0.15) is 0 Å². The topological polar surface area (TPSA) is 3.24 Å². The molecule has 2 heteroatoms. The quantitative estimate of drug-likeness (QED) is 0.169. The molecule has 0 saturated carbocycles. The van der Waals surface area contributed by atoms with E-state index in [1.165, 1.54) is 80.8 Å². The number of hydrogen-bond donors (Lipinski definition) is 0. The second-order valence-electron chi connectivity index (χ2n) is 13.3. The number of fused-ring (bicyclic) bond motifs is 5. The molecule has 52 heavy (non-hydrogen) atoms. The molecule has 1 nitrogen and oxygen atoms in total. The Labute approximate surface area is 307 Å². The van der Waals surface area contributed by atoms with Gasteiger partial charge in [-0.05, 0) is 97.4 Å². The Morgan fingerprint density at radius 2 is 0.904 bits per heavy atom. The van der Waals surface area contributed by atoms with Crippen LogP contribution in [-0.2, 0) is 0 Å². The van der Waals surface area contributed by atoms with Crippen molar-refractivity contribution in [2.24, 2.45) is 0 Å². The van der Waals surface area contributed by atoms with Gasteiger partial charge >= 0.3 is 0 Å². The second-order valence-corrected chi connectivity index (χ2v) is 14.4. The Bertz CT molecular complexity index is 2890. The molecular formula is C50H33NS. The zero-order chi connectivity index (χ0) is 34.4. The van der Waals surface area contributed by atoms with Crippen LogP contribution in [-0.4, -0.2) is 0 Å². The van der Waals surface area contributed by atoms with Crippen molar-refractivity contribution >= 4 is 70.1 Å². The van der Waals surface area contributed by atoms with Crippen molar-refractivity contribution in [1.82, 2.24) is 0 Å². The summed E-state index contributed by atoms with van der Waals surface area (Å²) in [7, 11) is 0. The minimum Gasteiger partial charge on any atom is -0.310 e. The van der Waals surface area contributed by atoms with Crippen LogP contribution in [0.4, 0.5) is 17.1 Å². The minimum absolute atomic E-state index is 1.12. The summed E-state index contributed by atoms with van der Waals surface area (Å²) in [5, 5.41) is 7.59. The van der Waals surface area contributed by atoms with Gasteiger partial charge in [0.15, 0.2) is 0 Å². The van der Waals surface area contributed by atoms with Gasteiger partial charge in [-0.25, -0.2) is 0 Å². The first-order valence-corrected chi connectivity index (χ1v) is 18.6. The third-order valence-corrected chi connectivity index (χ3v) is 11.4. The molecule has 10 aromatic rings. The largest absolute Gasteiger partial charge is 0.310 e. The van der Waals surface area contributed by atoms with Crippen molar-refractivity contribution in [3.05, 3.63) is 200 Å². The Hall–Kier alpha value is -6.48. The first-order chi connectivity index (χ1) is 25.8. The maximum Gasteiger partial charge on any atom is 0.0554 e. The molecule has 0 amide bonds. The van der Waals surface area contributed by atoms with Crippen LogP contribution in [0.2, 0.25) is 0 Å². The maximum atomic E-state index is 2.45. The smallest absolute Gasteiger partial charge is 0.0554 e. The molecule has 1 heterocycles. The molecule has 0 bridgehead atoms. The molecule has 244 valence electrons. The zero-order valence-electron chi connectivity index (χ0n) is 28.4. The molecule has 0 aliphatic heterocycles. The summed E-state index contributed by atoms with van der Waals surface area (Å²) < 4.78 is 2.59. The lowest BCUT2D eigenvalue weighted by atomic mass is 9.91. The normalized spacial score (nSPS) is 11.5. The number of hydrogen-bond acceptors (Lipinski definition) is 2. The molecule has 0 aliphatic rings. The fraction of sp³-hybridized carbons (Fsp3) is 0. The number of anilines is 3. The van der Waals surface area contributed by atoms with Crippen molar-refractivity contribution in [3.8, 4) is 33.4 Å². The van der Waals surface area contributed by atoms with Gasteiger partial charge in [0.25, 0.3) is 0 Å². The number of rotatable bonds is 6. The number of benzene rings is 9. The van der Waals surface area contributed by atoms with E-state index >= 15 is 0 Å². The summed E-state index contributed by atoms with van der Waals surface area (Å²) >= 11 is 1.86. The summed E-state index contributed by atoms with van der Waals surface area (Å²) in [5.41, 5.74) is 10.7. The van der Waals surface area contributed by atoms with E-state index in [1.54, 1.807) is 0 Å². The van der Waals surface area contributed by atoms with E-state index in [0.29, 0.717) is 0 Å². The van der Waals surface area contributed by atoms with Crippen molar-refractivity contribution < 1.29 is 0 Å². The maximum absolute atomic E-state index is 2.45. The molecule has 0 aliphatic carbocycles. The average Bonchev–Trinajstić information content (AvgIpc) is 3.61. The van der Waals surface area contributed by atoms with Crippen molar-refractivity contribution in [3.63, 3.8) is 0 Å². The number of thiophene rings is 1. The van der Waals surface area contributed by atoms with Gasteiger partial charge in [0.1, 0.15) is 0 Å². The highest BCUT2D eigenvalue weighted by Gasteiger charge is 2.20. The van der Waals surface area contributed by atoms with E-state index in [4.69, 9.17) is 0 Å². The van der Waals surface area contributed by atoms with E-state index < -0.39 is 0 Å². The Balaban J connectivity index is 1.18. The van der Waals surface area contributed by atoms with Gasteiger partial charge in [-0.1, -0.05) is 158 Å². The monoisotopic (exact) mass is 679 g/mol. The van der Waals surface area contributed by atoms with Crippen LogP contribution >= 0.6 is 11.3 Å². The van der Waals surface area contributed by atoms with E-state index in [9.17, 15) is 0 Å². The fourth-order valence-corrected chi connectivity index (χ4v) is 9.02. The lowest BCUT2D eigenvalue weighted by Crippen LogP contribution is -2.10. The Morgan fingerprint density at radius 3 is 1.73 bits per heavy atom. The molecule has 1 aromatic heterocycles.